The summed E-state index contributed by atoms with van der Waals surface area (Å²) in [4.78, 5) is 0. The molecule has 0 bridgehead atoms. The molecule has 0 saturated heterocycles. The largest absolute Gasteiger partial charge is 0.323 e. The van der Waals surface area contributed by atoms with Gasteiger partial charge < -0.3 is 5.73 Å². The number of halogens is 2. The monoisotopic (exact) mass is 221 g/mol. The van der Waals surface area contributed by atoms with Crippen LogP contribution in [0, 0.1) is 0 Å². The van der Waals surface area contributed by atoms with E-state index in [0.717, 1.165) is 5.56 Å². The Hall–Kier alpha value is 0.110. The maximum Gasteiger partial charge on any atom is 0.0640 e. The summed E-state index contributed by atoms with van der Waals surface area (Å²) < 4.78 is 0. The highest BCUT2D eigenvalue weighted by atomic mass is 35.5. The molecule has 1 nitrogen and oxygen atoms in total. The zero-order valence-electron chi connectivity index (χ0n) is 6.30. The van der Waals surface area contributed by atoms with Gasteiger partial charge in [0.1, 0.15) is 0 Å². The molecular formula is C8H9Cl2NS. The minimum absolute atomic E-state index is 0.153. The molecule has 0 fully saturated rings. The van der Waals surface area contributed by atoms with Gasteiger partial charge in [0.25, 0.3) is 0 Å². The van der Waals surface area contributed by atoms with Crippen molar-refractivity contribution in [2.75, 3.05) is 5.75 Å². The fourth-order valence-electron chi connectivity index (χ4n) is 0.905. The number of nitrogens with two attached hydrogens (primary N) is 1. The summed E-state index contributed by atoms with van der Waals surface area (Å²) in [5.74, 6) is 0.556. The van der Waals surface area contributed by atoms with Crippen molar-refractivity contribution in [2.24, 2.45) is 5.73 Å². The van der Waals surface area contributed by atoms with Crippen molar-refractivity contribution in [3.05, 3.63) is 33.8 Å². The molecule has 0 spiro atoms. The van der Waals surface area contributed by atoms with Crippen LogP contribution in [0.2, 0.25) is 10.0 Å². The Morgan fingerprint density at radius 1 is 1.42 bits per heavy atom. The van der Waals surface area contributed by atoms with Crippen LogP contribution in [0.3, 0.4) is 0 Å². The summed E-state index contributed by atoms with van der Waals surface area (Å²) in [6.07, 6.45) is 0. The van der Waals surface area contributed by atoms with Crippen LogP contribution in [-0.4, -0.2) is 5.75 Å². The third-order valence-electron chi connectivity index (χ3n) is 1.58. The number of benzene rings is 1. The molecule has 0 aliphatic heterocycles. The van der Waals surface area contributed by atoms with E-state index in [1.54, 1.807) is 6.07 Å². The quantitative estimate of drug-likeness (QED) is 0.739. The molecule has 2 N–H and O–H groups in total. The molecule has 0 heterocycles. The predicted molar refractivity (Wildman–Crippen MR) is 57.2 cm³/mol. The number of rotatable bonds is 2. The third-order valence-corrected chi connectivity index (χ3v) is 2.80. The average molecular weight is 222 g/mol. The fourth-order valence-corrected chi connectivity index (χ4v) is 1.55. The van der Waals surface area contributed by atoms with Gasteiger partial charge in [-0.3, -0.25) is 0 Å². The lowest BCUT2D eigenvalue weighted by molar-refractivity contribution is 0.835. The van der Waals surface area contributed by atoms with Gasteiger partial charge in [0.2, 0.25) is 0 Å². The van der Waals surface area contributed by atoms with Crippen LogP contribution < -0.4 is 5.73 Å². The molecule has 1 aromatic rings. The first-order chi connectivity index (χ1) is 5.66. The van der Waals surface area contributed by atoms with Crippen molar-refractivity contribution in [2.45, 2.75) is 6.04 Å². The second kappa shape index (κ2) is 4.38. The third kappa shape index (κ3) is 2.07. The van der Waals surface area contributed by atoms with E-state index in [1.807, 2.05) is 12.1 Å². The van der Waals surface area contributed by atoms with E-state index in [1.165, 1.54) is 0 Å². The Labute approximate surface area is 87.3 Å². The topological polar surface area (TPSA) is 26.0 Å². The minimum Gasteiger partial charge on any atom is -0.323 e. The highest BCUT2D eigenvalue weighted by Gasteiger charge is 2.09. The van der Waals surface area contributed by atoms with Crippen molar-refractivity contribution < 1.29 is 0 Å². The maximum absolute atomic E-state index is 5.92. The smallest absolute Gasteiger partial charge is 0.0640 e. The summed E-state index contributed by atoms with van der Waals surface area (Å²) >= 11 is 15.8. The van der Waals surface area contributed by atoms with Crippen molar-refractivity contribution in [1.29, 1.82) is 0 Å². The van der Waals surface area contributed by atoms with Crippen LogP contribution in [0.15, 0.2) is 18.2 Å². The van der Waals surface area contributed by atoms with E-state index in [4.69, 9.17) is 28.9 Å². The molecule has 0 aromatic heterocycles. The Bertz CT molecular complexity index is 278. The van der Waals surface area contributed by atoms with Crippen LogP contribution in [0.5, 0.6) is 0 Å². The van der Waals surface area contributed by atoms with Gasteiger partial charge in [-0.15, -0.1) is 0 Å². The van der Waals surface area contributed by atoms with E-state index >= 15 is 0 Å². The van der Waals surface area contributed by atoms with Gasteiger partial charge in [-0.25, -0.2) is 0 Å². The van der Waals surface area contributed by atoms with E-state index < -0.39 is 0 Å². The number of thiol groups is 1. The first-order valence-corrected chi connectivity index (χ1v) is 4.86. The zero-order chi connectivity index (χ0) is 9.14. The highest BCUT2D eigenvalue weighted by molar-refractivity contribution is 7.80. The van der Waals surface area contributed by atoms with Crippen LogP contribution in [0.25, 0.3) is 0 Å². The van der Waals surface area contributed by atoms with Gasteiger partial charge in [-0.1, -0.05) is 35.3 Å². The summed E-state index contributed by atoms with van der Waals surface area (Å²) in [6, 6.07) is 5.26. The lowest BCUT2D eigenvalue weighted by atomic mass is 10.1. The van der Waals surface area contributed by atoms with Gasteiger partial charge in [0.15, 0.2) is 0 Å². The molecular weight excluding hydrogens is 213 g/mol. The normalized spacial score (nSPS) is 13.0. The fraction of sp³-hybridized carbons (Fsp3) is 0.250. The Morgan fingerprint density at radius 3 is 2.67 bits per heavy atom. The van der Waals surface area contributed by atoms with E-state index in [9.17, 15) is 0 Å². The molecule has 0 aliphatic carbocycles. The molecule has 0 radical (unpaired) electrons. The van der Waals surface area contributed by atoms with Gasteiger partial charge in [0, 0.05) is 11.8 Å². The number of hydrogen-bond acceptors (Lipinski definition) is 2. The van der Waals surface area contributed by atoms with Crippen molar-refractivity contribution in [3.8, 4) is 0 Å². The Kier molecular flexibility index (Phi) is 3.72. The van der Waals surface area contributed by atoms with Crippen LogP contribution in [0.1, 0.15) is 11.6 Å². The summed E-state index contributed by atoms with van der Waals surface area (Å²) in [6.45, 7) is 0. The molecule has 1 unspecified atom stereocenters. The Balaban J connectivity index is 3.07. The number of hydrogen-bond donors (Lipinski definition) is 2. The first kappa shape index (κ1) is 10.2. The van der Waals surface area contributed by atoms with Crippen LogP contribution in [-0.2, 0) is 0 Å². The molecule has 66 valence electrons. The Morgan fingerprint density at radius 2 is 2.08 bits per heavy atom. The lowest BCUT2D eigenvalue weighted by Gasteiger charge is -2.10. The van der Waals surface area contributed by atoms with E-state index in [-0.39, 0.29) is 6.04 Å². The lowest BCUT2D eigenvalue weighted by Crippen LogP contribution is -2.12. The SMILES string of the molecule is NC(CS)c1cccc(Cl)c1Cl. The molecule has 0 saturated carbocycles. The zero-order valence-corrected chi connectivity index (χ0v) is 8.70. The maximum atomic E-state index is 5.92. The van der Waals surface area contributed by atoms with E-state index in [2.05, 4.69) is 12.6 Å². The highest BCUT2D eigenvalue weighted by Crippen LogP contribution is 2.29. The van der Waals surface area contributed by atoms with Gasteiger partial charge in [-0.05, 0) is 11.6 Å². The molecule has 12 heavy (non-hydrogen) atoms. The minimum atomic E-state index is -0.153. The summed E-state index contributed by atoms with van der Waals surface area (Å²) in [5.41, 5.74) is 6.59. The van der Waals surface area contributed by atoms with Crippen molar-refractivity contribution in [3.63, 3.8) is 0 Å². The average Bonchev–Trinajstić information content (AvgIpc) is 2.08. The molecule has 0 aliphatic rings. The molecule has 0 amide bonds. The van der Waals surface area contributed by atoms with Gasteiger partial charge in [-0.2, -0.15) is 12.6 Å². The summed E-state index contributed by atoms with van der Waals surface area (Å²) in [5, 5.41) is 1.06. The molecule has 1 aromatic carbocycles. The molecule has 1 rings (SSSR count). The molecule has 1 atom stereocenters. The summed E-state index contributed by atoms with van der Waals surface area (Å²) in [7, 11) is 0. The van der Waals surface area contributed by atoms with E-state index in [0.29, 0.717) is 15.8 Å². The van der Waals surface area contributed by atoms with Crippen LogP contribution >= 0.6 is 35.8 Å². The second-order valence-electron chi connectivity index (χ2n) is 2.43. The van der Waals surface area contributed by atoms with Gasteiger partial charge >= 0.3 is 0 Å². The predicted octanol–water partition coefficient (Wildman–Crippen LogP) is 2.92. The standard InChI is InChI=1S/C8H9Cl2NS/c9-6-3-1-2-5(8(6)10)7(11)4-12/h1-3,7,12H,4,11H2. The van der Waals surface area contributed by atoms with Crippen molar-refractivity contribution in [1.82, 2.24) is 0 Å². The molecule has 4 heteroatoms. The first-order valence-electron chi connectivity index (χ1n) is 3.47. The second-order valence-corrected chi connectivity index (χ2v) is 3.58. The van der Waals surface area contributed by atoms with Crippen LogP contribution in [0.4, 0.5) is 0 Å². The van der Waals surface area contributed by atoms with Gasteiger partial charge in [0.05, 0.1) is 10.0 Å². The van der Waals surface area contributed by atoms with Crippen molar-refractivity contribution >= 4 is 35.8 Å².